The summed E-state index contributed by atoms with van der Waals surface area (Å²) in [7, 11) is 0. The van der Waals surface area contributed by atoms with Gasteiger partial charge in [-0.15, -0.1) is 0 Å². The number of ketones is 2. The SMILES string of the molecule is CC1(C)CC(=O)C2=C(C1)OC1=C(C(=O)CC(C)(C)C1)C2c1ccccc1I. The topological polar surface area (TPSA) is 43.4 Å². The Kier molecular flexibility index (Phi) is 4.41. The zero-order valence-corrected chi connectivity index (χ0v) is 18.5. The zero-order valence-electron chi connectivity index (χ0n) is 16.3. The highest BCUT2D eigenvalue weighted by Gasteiger charge is 2.48. The largest absolute Gasteiger partial charge is 0.465 e. The van der Waals surface area contributed by atoms with Crippen molar-refractivity contribution in [3.8, 4) is 0 Å². The first kappa shape index (κ1) is 18.9. The van der Waals surface area contributed by atoms with Crippen molar-refractivity contribution in [2.45, 2.75) is 59.3 Å². The second kappa shape index (κ2) is 6.29. The standard InChI is InChI=1S/C23H25IO3/c1-22(2)9-15(25)20-17(11-22)27-18-12-23(3,4)10-16(26)21(18)19(20)13-7-5-6-8-14(13)24/h5-8,19H,9-12H2,1-4H3. The maximum Gasteiger partial charge on any atom is 0.163 e. The fraction of sp³-hybridized carbons (Fsp3) is 0.478. The van der Waals surface area contributed by atoms with Crippen molar-refractivity contribution in [2.75, 3.05) is 0 Å². The lowest BCUT2D eigenvalue weighted by Gasteiger charge is -2.42. The monoisotopic (exact) mass is 476 g/mol. The van der Waals surface area contributed by atoms with Gasteiger partial charge in [-0.05, 0) is 45.1 Å². The molecular formula is C23H25IO3. The van der Waals surface area contributed by atoms with E-state index in [1.807, 2.05) is 24.3 Å². The molecule has 0 atom stereocenters. The molecule has 0 aromatic heterocycles. The number of carbonyl (C=O) groups excluding carboxylic acids is 2. The summed E-state index contributed by atoms with van der Waals surface area (Å²) < 4.78 is 7.39. The van der Waals surface area contributed by atoms with Crippen LogP contribution in [0.5, 0.6) is 0 Å². The first-order valence-electron chi connectivity index (χ1n) is 9.53. The minimum Gasteiger partial charge on any atom is -0.465 e. The maximum atomic E-state index is 13.2. The molecule has 0 fully saturated rings. The molecule has 3 nitrogen and oxygen atoms in total. The molecular weight excluding hydrogens is 451 g/mol. The fourth-order valence-electron chi connectivity index (χ4n) is 4.69. The van der Waals surface area contributed by atoms with E-state index in [1.165, 1.54) is 0 Å². The summed E-state index contributed by atoms with van der Waals surface area (Å²) in [6.45, 7) is 8.44. The Morgan fingerprint density at radius 3 is 1.81 bits per heavy atom. The van der Waals surface area contributed by atoms with Gasteiger partial charge in [-0.2, -0.15) is 0 Å². The van der Waals surface area contributed by atoms with Crippen LogP contribution >= 0.6 is 22.6 Å². The number of allylic oxidation sites excluding steroid dienone is 4. The highest BCUT2D eigenvalue weighted by molar-refractivity contribution is 14.1. The molecule has 0 amide bonds. The summed E-state index contributed by atoms with van der Waals surface area (Å²) >= 11 is 2.31. The summed E-state index contributed by atoms with van der Waals surface area (Å²) in [6.07, 6.45) is 2.47. The number of rotatable bonds is 1. The average molecular weight is 476 g/mol. The van der Waals surface area contributed by atoms with E-state index in [9.17, 15) is 9.59 Å². The maximum absolute atomic E-state index is 13.2. The van der Waals surface area contributed by atoms with Gasteiger partial charge in [-0.3, -0.25) is 9.59 Å². The minimum absolute atomic E-state index is 0.115. The second-order valence-corrected chi connectivity index (χ2v) is 10.8. The lowest BCUT2D eigenvalue weighted by atomic mass is 9.65. The van der Waals surface area contributed by atoms with E-state index >= 15 is 0 Å². The molecule has 1 heterocycles. The number of hydrogen-bond donors (Lipinski definition) is 0. The number of carbonyl (C=O) groups is 2. The molecule has 0 saturated heterocycles. The summed E-state index contributed by atoms with van der Waals surface area (Å²) in [4.78, 5) is 26.3. The summed E-state index contributed by atoms with van der Waals surface area (Å²) in [6, 6.07) is 8.07. The molecule has 3 aliphatic rings. The first-order valence-corrected chi connectivity index (χ1v) is 10.6. The molecule has 0 radical (unpaired) electrons. The third-order valence-corrected chi connectivity index (χ3v) is 6.78. The lowest BCUT2D eigenvalue weighted by molar-refractivity contribution is -0.120. The highest BCUT2D eigenvalue weighted by atomic mass is 127. The summed E-state index contributed by atoms with van der Waals surface area (Å²) in [5.74, 6) is 1.52. The molecule has 142 valence electrons. The van der Waals surface area contributed by atoms with Gasteiger partial charge in [0, 0.05) is 46.3 Å². The van der Waals surface area contributed by atoms with Crippen LogP contribution < -0.4 is 0 Å². The molecule has 0 bridgehead atoms. The van der Waals surface area contributed by atoms with Crippen LogP contribution in [0.1, 0.15) is 64.9 Å². The van der Waals surface area contributed by atoms with Crippen LogP contribution in [0.15, 0.2) is 46.9 Å². The second-order valence-electron chi connectivity index (χ2n) is 9.61. The van der Waals surface area contributed by atoms with Gasteiger partial charge in [-0.25, -0.2) is 0 Å². The summed E-state index contributed by atoms with van der Waals surface area (Å²) in [5, 5.41) is 0. The van der Waals surface area contributed by atoms with Gasteiger partial charge < -0.3 is 4.74 Å². The van der Waals surface area contributed by atoms with Crippen LogP contribution in [0.3, 0.4) is 0 Å². The van der Waals surface area contributed by atoms with Crippen molar-refractivity contribution in [1.82, 2.24) is 0 Å². The lowest BCUT2D eigenvalue weighted by Crippen LogP contribution is -2.37. The number of ether oxygens (including phenoxy) is 1. The van der Waals surface area contributed by atoms with Crippen molar-refractivity contribution in [1.29, 1.82) is 0 Å². The van der Waals surface area contributed by atoms with Crippen LogP contribution in [-0.4, -0.2) is 11.6 Å². The average Bonchev–Trinajstić information content (AvgIpc) is 2.51. The van der Waals surface area contributed by atoms with Gasteiger partial charge in [0.05, 0.1) is 0 Å². The third kappa shape index (κ3) is 3.30. The van der Waals surface area contributed by atoms with E-state index in [4.69, 9.17) is 4.74 Å². The van der Waals surface area contributed by atoms with Gasteiger partial charge in [0.1, 0.15) is 11.5 Å². The van der Waals surface area contributed by atoms with Crippen molar-refractivity contribution < 1.29 is 14.3 Å². The smallest absolute Gasteiger partial charge is 0.163 e. The highest BCUT2D eigenvalue weighted by Crippen LogP contribution is 2.53. The van der Waals surface area contributed by atoms with E-state index in [1.54, 1.807) is 0 Å². The predicted molar refractivity (Wildman–Crippen MR) is 113 cm³/mol. The summed E-state index contributed by atoms with van der Waals surface area (Å²) in [5.41, 5.74) is 2.24. The van der Waals surface area contributed by atoms with Crippen molar-refractivity contribution in [3.63, 3.8) is 0 Å². The van der Waals surface area contributed by atoms with Gasteiger partial charge in [0.25, 0.3) is 0 Å². The van der Waals surface area contributed by atoms with Crippen LogP contribution in [0.4, 0.5) is 0 Å². The number of Topliss-reactive ketones (excluding diaryl/α,β-unsaturated/α-hetero) is 2. The van der Waals surface area contributed by atoms with Gasteiger partial charge >= 0.3 is 0 Å². The third-order valence-electron chi connectivity index (χ3n) is 5.80. The molecule has 0 spiro atoms. The predicted octanol–water partition coefficient (Wildman–Crippen LogP) is 5.69. The number of hydrogen-bond acceptors (Lipinski definition) is 3. The molecule has 4 heteroatoms. The Bertz CT molecular complexity index is 865. The molecule has 27 heavy (non-hydrogen) atoms. The van der Waals surface area contributed by atoms with Crippen molar-refractivity contribution in [3.05, 3.63) is 56.1 Å². The fourth-order valence-corrected chi connectivity index (χ4v) is 5.39. The van der Waals surface area contributed by atoms with Crippen LogP contribution in [0.2, 0.25) is 0 Å². The van der Waals surface area contributed by atoms with E-state index in [-0.39, 0.29) is 28.3 Å². The number of halogens is 1. The normalized spacial score (nSPS) is 24.5. The minimum atomic E-state index is -0.288. The van der Waals surface area contributed by atoms with Crippen LogP contribution in [0, 0.1) is 14.4 Å². The Hall–Kier alpha value is -1.43. The zero-order chi connectivity index (χ0) is 19.6. The van der Waals surface area contributed by atoms with Crippen molar-refractivity contribution >= 4 is 34.2 Å². The van der Waals surface area contributed by atoms with E-state index in [0.29, 0.717) is 24.0 Å². The molecule has 2 aliphatic carbocycles. The molecule has 4 rings (SSSR count). The Morgan fingerprint density at radius 2 is 1.33 bits per heavy atom. The molecule has 0 unspecified atom stereocenters. The first-order chi connectivity index (χ1) is 12.6. The van der Waals surface area contributed by atoms with E-state index in [0.717, 1.165) is 33.5 Å². The molecule has 0 saturated carbocycles. The van der Waals surface area contributed by atoms with Gasteiger partial charge in [0.15, 0.2) is 11.6 Å². The van der Waals surface area contributed by atoms with Crippen LogP contribution in [-0.2, 0) is 14.3 Å². The van der Waals surface area contributed by atoms with Gasteiger partial charge in [-0.1, -0.05) is 45.9 Å². The quantitative estimate of drug-likeness (QED) is 0.489. The molecule has 1 aromatic rings. The molecule has 0 N–H and O–H groups in total. The molecule has 1 aromatic carbocycles. The number of benzene rings is 1. The van der Waals surface area contributed by atoms with Crippen molar-refractivity contribution in [2.24, 2.45) is 10.8 Å². The van der Waals surface area contributed by atoms with E-state index in [2.05, 4.69) is 50.3 Å². The Morgan fingerprint density at radius 1 is 0.852 bits per heavy atom. The Labute approximate surface area is 174 Å². The molecule has 1 aliphatic heterocycles. The van der Waals surface area contributed by atoms with Crippen LogP contribution in [0.25, 0.3) is 0 Å². The van der Waals surface area contributed by atoms with E-state index < -0.39 is 0 Å². The van der Waals surface area contributed by atoms with Gasteiger partial charge in [0.2, 0.25) is 0 Å². The Balaban J connectivity index is 1.94.